The molecule has 4 aromatic rings. The van der Waals surface area contributed by atoms with Gasteiger partial charge in [-0.15, -0.1) is 11.3 Å². The molecule has 0 saturated carbocycles. The lowest BCUT2D eigenvalue weighted by Crippen LogP contribution is -2.31. The fourth-order valence-electron chi connectivity index (χ4n) is 4.08. The largest absolute Gasteiger partial charge is 0.307 e. The molecule has 5 rings (SSSR count). The maximum Gasteiger partial charge on any atom is 0.237 e. The number of carbonyl (C=O) groups is 1. The van der Waals surface area contributed by atoms with Crippen LogP contribution in [0.15, 0.2) is 72.0 Å². The van der Waals surface area contributed by atoms with Gasteiger partial charge in [-0.05, 0) is 48.9 Å². The van der Waals surface area contributed by atoms with Crippen molar-refractivity contribution in [1.82, 2.24) is 9.97 Å². The van der Waals surface area contributed by atoms with E-state index in [2.05, 4.69) is 22.1 Å². The summed E-state index contributed by atoms with van der Waals surface area (Å²) in [4.78, 5) is 26.8. The molecule has 0 radical (unpaired) electrons. The molecule has 4 nitrogen and oxygen atoms in total. The van der Waals surface area contributed by atoms with Gasteiger partial charge in [-0.2, -0.15) is 0 Å². The average Bonchev–Trinajstić information content (AvgIpc) is 3.21. The van der Waals surface area contributed by atoms with E-state index in [1.165, 1.54) is 40.4 Å². The Bertz CT molecular complexity index is 1190. The van der Waals surface area contributed by atoms with Gasteiger partial charge in [0.2, 0.25) is 5.91 Å². The smallest absolute Gasteiger partial charge is 0.237 e. The van der Waals surface area contributed by atoms with Crippen LogP contribution >= 0.6 is 23.1 Å². The SMILES string of the molecule is O=C(CSc1ncnc2sc3c(c12)CCCC3)N(Cc1ccccc1)c1ccccc1. The molecule has 31 heavy (non-hydrogen) atoms. The van der Waals surface area contributed by atoms with Crippen molar-refractivity contribution in [2.45, 2.75) is 37.3 Å². The lowest BCUT2D eigenvalue weighted by molar-refractivity contribution is -0.116. The number of aryl methyl sites for hydroxylation is 2. The van der Waals surface area contributed by atoms with E-state index in [4.69, 9.17) is 0 Å². The maximum absolute atomic E-state index is 13.3. The highest BCUT2D eigenvalue weighted by Gasteiger charge is 2.22. The molecule has 0 saturated heterocycles. The molecule has 0 N–H and O–H groups in total. The first kappa shape index (κ1) is 20.2. The molecule has 0 bridgehead atoms. The van der Waals surface area contributed by atoms with Crippen molar-refractivity contribution in [2.75, 3.05) is 10.7 Å². The number of hydrogen-bond donors (Lipinski definition) is 0. The first-order valence-electron chi connectivity index (χ1n) is 10.6. The zero-order valence-electron chi connectivity index (χ0n) is 17.2. The number of thioether (sulfide) groups is 1. The van der Waals surface area contributed by atoms with Crippen LogP contribution in [-0.4, -0.2) is 21.6 Å². The first-order chi connectivity index (χ1) is 15.3. The van der Waals surface area contributed by atoms with Crippen molar-refractivity contribution in [3.8, 4) is 0 Å². The monoisotopic (exact) mass is 445 g/mol. The van der Waals surface area contributed by atoms with E-state index >= 15 is 0 Å². The summed E-state index contributed by atoms with van der Waals surface area (Å²) in [5.74, 6) is 0.425. The number of anilines is 1. The van der Waals surface area contributed by atoms with Crippen molar-refractivity contribution in [2.24, 2.45) is 0 Å². The second-order valence-corrected chi connectivity index (χ2v) is 9.71. The summed E-state index contributed by atoms with van der Waals surface area (Å²) >= 11 is 3.33. The number of thiophene rings is 1. The van der Waals surface area contributed by atoms with Gasteiger partial charge in [0.05, 0.1) is 12.3 Å². The highest BCUT2D eigenvalue weighted by Crippen LogP contribution is 2.39. The van der Waals surface area contributed by atoms with Crippen LogP contribution in [0.1, 0.15) is 28.8 Å². The molecule has 0 fully saturated rings. The Morgan fingerprint density at radius 1 is 0.968 bits per heavy atom. The molecule has 0 unspecified atom stereocenters. The fourth-order valence-corrected chi connectivity index (χ4v) is 6.27. The Morgan fingerprint density at radius 2 is 1.71 bits per heavy atom. The van der Waals surface area contributed by atoms with E-state index in [1.54, 1.807) is 17.7 Å². The molecule has 2 heterocycles. The summed E-state index contributed by atoms with van der Waals surface area (Å²) in [6, 6.07) is 20.0. The minimum atomic E-state index is 0.0795. The quantitative estimate of drug-likeness (QED) is 0.274. The van der Waals surface area contributed by atoms with Gasteiger partial charge < -0.3 is 4.90 Å². The number of hydrogen-bond acceptors (Lipinski definition) is 5. The van der Waals surface area contributed by atoms with Gasteiger partial charge in [0, 0.05) is 16.0 Å². The normalized spacial score (nSPS) is 13.2. The standard InChI is InChI=1S/C25H23N3OS2/c29-22(28(19-11-5-2-6-12-19)15-18-9-3-1-4-10-18)16-30-24-23-20-13-7-8-14-21(20)31-25(23)27-17-26-24/h1-6,9-12,17H,7-8,13-16H2. The van der Waals surface area contributed by atoms with E-state index in [-0.39, 0.29) is 5.91 Å². The number of fused-ring (bicyclic) bond motifs is 3. The number of benzene rings is 2. The zero-order chi connectivity index (χ0) is 21.0. The van der Waals surface area contributed by atoms with Gasteiger partial charge >= 0.3 is 0 Å². The number of para-hydroxylation sites is 1. The van der Waals surface area contributed by atoms with Gasteiger partial charge in [0.1, 0.15) is 16.2 Å². The van der Waals surface area contributed by atoms with Crippen molar-refractivity contribution in [3.63, 3.8) is 0 Å². The van der Waals surface area contributed by atoms with Gasteiger partial charge in [-0.25, -0.2) is 9.97 Å². The Kier molecular flexibility index (Phi) is 6.00. The van der Waals surface area contributed by atoms with Crippen molar-refractivity contribution in [1.29, 1.82) is 0 Å². The number of amides is 1. The highest BCUT2D eigenvalue weighted by atomic mass is 32.2. The molecule has 1 amide bonds. The maximum atomic E-state index is 13.3. The van der Waals surface area contributed by atoms with Gasteiger partial charge in [0.15, 0.2) is 0 Å². The van der Waals surface area contributed by atoms with E-state index < -0.39 is 0 Å². The summed E-state index contributed by atoms with van der Waals surface area (Å²) in [7, 11) is 0. The fraction of sp³-hybridized carbons (Fsp3) is 0.240. The molecular formula is C25H23N3OS2. The topological polar surface area (TPSA) is 46.1 Å². The number of aromatic nitrogens is 2. The van der Waals surface area contributed by atoms with E-state index in [1.807, 2.05) is 53.4 Å². The second-order valence-electron chi connectivity index (χ2n) is 7.66. The van der Waals surface area contributed by atoms with Crippen LogP contribution in [0.25, 0.3) is 10.2 Å². The lowest BCUT2D eigenvalue weighted by Gasteiger charge is -2.23. The molecule has 2 aromatic carbocycles. The Labute approximate surface area is 190 Å². The van der Waals surface area contributed by atoms with Crippen LogP contribution < -0.4 is 4.90 Å². The van der Waals surface area contributed by atoms with Crippen molar-refractivity contribution >= 4 is 44.9 Å². The van der Waals surface area contributed by atoms with Crippen LogP contribution in [0.4, 0.5) is 5.69 Å². The molecule has 156 valence electrons. The van der Waals surface area contributed by atoms with E-state index in [9.17, 15) is 4.79 Å². The van der Waals surface area contributed by atoms with E-state index in [0.717, 1.165) is 33.9 Å². The predicted octanol–water partition coefficient (Wildman–Crippen LogP) is 5.90. The summed E-state index contributed by atoms with van der Waals surface area (Å²) < 4.78 is 0. The van der Waals surface area contributed by atoms with Crippen LogP contribution in [0.3, 0.4) is 0 Å². The first-order valence-corrected chi connectivity index (χ1v) is 12.4. The molecule has 0 aliphatic heterocycles. The number of rotatable bonds is 6. The van der Waals surface area contributed by atoms with Crippen LogP contribution in [0.5, 0.6) is 0 Å². The molecule has 6 heteroatoms. The summed E-state index contributed by atoms with van der Waals surface area (Å²) in [6.45, 7) is 0.553. The number of carbonyl (C=O) groups excluding carboxylic acids is 1. The van der Waals surface area contributed by atoms with Crippen molar-refractivity contribution in [3.05, 3.63) is 83.0 Å². The summed E-state index contributed by atoms with van der Waals surface area (Å²) in [5, 5.41) is 2.11. The molecular weight excluding hydrogens is 422 g/mol. The Morgan fingerprint density at radius 3 is 2.52 bits per heavy atom. The predicted molar refractivity (Wildman–Crippen MR) is 129 cm³/mol. The zero-order valence-corrected chi connectivity index (χ0v) is 18.8. The Hall–Kier alpha value is -2.70. The number of nitrogens with zero attached hydrogens (tertiary/aromatic N) is 3. The molecule has 0 spiro atoms. The van der Waals surface area contributed by atoms with Gasteiger partial charge in [-0.1, -0.05) is 60.3 Å². The molecule has 0 atom stereocenters. The third-order valence-electron chi connectivity index (χ3n) is 5.60. The van der Waals surface area contributed by atoms with Crippen LogP contribution in [0.2, 0.25) is 0 Å². The Balaban J connectivity index is 1.39. The van der Waals surface area contributed by atoms with Gasteiger partial charge in [-0.3, -0.25) is 4.79 Å². The second kappa shape index (κ2) is 9.20. The molecule has 2 aromatic heterocycles. The minimum absolute atomic E-state index is 0.0795. The summed E-state index contributed by atoms with van der Waals surface area (Å²) in [6.07, 6.45) is 6.33. The van der Waals surface area contributed by atoms with Crippen LogP contribution in [0, 0.1) is 0 Å². The van der Waals surface area contributed by atoms with Crippen molar-refractivity contribution < 1.29 is 4.79 Å². The summed E-state index contributed by atoms with van der Waals surface area (Å²) in [5.41, 5.74) is 3.43. The van der Waals surface area contributed by atoms with Gasteiger partial charge in [0.25, 0.3) is 0 Å². The van der Waals surface area contributed by atoms with E-state index in [0.29, 0.717) is 12.3 Å². The molecule has 1 aliphatic rings. The third kappa shape index (κ3) is 4.36. The van der Waals surface area contributed by atoms with Crippen LogP contribution in [-0.2, 0) is 24.2 Å². The molecule has 1 aliphatic carbocycles. The third-order valence-corrected chi connectivity index (χ3v) is 7.78. The lowest BCUT2D eigenvalue weighted by atomic mass is 9.97. The minimum Gasteiger partial charge on any atom is -0.307 e. The average molecular weight is 446 g/mol. The highest BCUT2D eigenvalue weighted by molar-refractivity contribution is 8.00.